The third kappa shape index (κ3) is 8.65. The van der Waals surface area contributed by atoms with Gasteiger partial charge in [0.05, 0.1) is 52.9 Å². The number of carbonyl (C=O) groups excluding carboxylic acids is 2. The first-order valence-corrected chi connectivity index (χ1v) is 18.0. The Kier molecular flexibility index (Phi) is 12.1. The molecule has 0 saturated heterocycles. The number of rotatable bonds is 0. The SMILES string of the molecule is O=C1c2ccc(cc2)OCCOCCOCCOc2ccc(cc2)C(=O)[C@H]2[C@@H]1[C@@H]1c3ccc(cc3)OCCOCCOCCOc3ccc(cc3)[C@H]21. The Labute approximate surface area is 303 Å². The van der Waals surface area contributed by atoms with Crippen molar-refractivity contribution in [2.45, 2.75) is 11.8 Å². The summed E-state index contributed by atoms with van der Waals surface area (Å²) in [6.45, 7) is 4.98. The highest BCUT2D eigenvalue weighted by Gasteiger charge is 2.57. The van der Waals surface area contributed by atoms with Gasteiger partial charge in [-0.3, -0.25) is 9.59 Å². The molecule has 11 rings (SSSR count). The Balaban J connectivity index is 1.26. The molecule has 6 aliphatic heterocycles. The summed E-state index contributed by atoms with van der Waals surface area (Å²) in [4.78, 5) is 29.3. The largest absolute Gasteiger partial charge is 0.491 e. The first-order valence-electron chi connectivity index (χ1n) is 18.0. The van der Waals surface area contributed by atoms with Crippen LogP contribution in [0.25, 0.3) is 0 Å². The average molecular weight is 709 g/mol. The van der Waals surface area contributed by atoms with Gasteiger partial charge in [-0.05, 0) is 83.9 Å². The van der Waals surface area contributed by atoms with Crippen LogP contribution in [0.1, 0.15) is 43.7 Å². The zero-order valence-electron chi connectivity index (χ0n) is 29.1. The number of hydrogen-bond donors (Lipinski definition) is 0. The van der Waals surface area contributed by atoms with Crippen LogP contribution in [0.3, 0.4) is 0 Å². The second-order valence-electron chi connectivity index (χ2n) is 12.9. The van der Waals surface area contributed by atoms with E-state index < -0.39 is 11.8 Å². The van der Waals surface area contributed by atoms with Crippen LogP contribution >= 0.6 is 0 Å². The molecule has 10 nitrogen and oxygen atoms in total. The van der Waals surface area contributed by atoms with Crippen LogP contribution in [-0.2, 0) is 18.9 Å². The number of ether oxygens (including phenoxy) is 8. The molecule has 10 heteroatoms. The van der Waals surface area contributed by atoms with Gasteiger partial charge < -0.3 is 37.9 Å². The van der Waals surface area contributed by atoms with Crippen molar-refractivity contribution >= 4 is 11.6 Å². The number of hydrogen-bond acceptors (Lipinski definition) is 10. The van der Waals surface area contributed by atoms with Crippen molar-refractivity contribution < 1.29 is 47.5 Å². The lowest BCUT2D eigenvalue weighted by atomic mass is 9.49. The summed E-state index contributed by atoms with van der Waals surface area (Å²) in [5.41, 5.74) is 2.95. The molecule has 6 heterocycles. The van der Waals surface area contributed by atoms with E-state index in [0.29, 0.717) is 113 Å². The van der Waals surface area contributed by atoms with E-state index >= 15 is 0 Å². The first-order chi connectivity index (χ1) is 25.7. The summed E-state index contributed by atoms with van der Waals surface area (Å²) in [6.07, 6.45) is 0. The van der Waals surface area contributed by atoms with Crippen molar-refractivity contribution in [2.24, 2.45) is 11.8 Å². The lowest BCUT2D eigenvalue weighted by Gasteiger charge is -2.51. The van der Waals surface area contributed by atoms with Gasteiger partial charge in [-0.2, -0.15) is 0 Å². The van der Waals surface area contributed by atoms with Crippen molar-refractivity contribution in [3.05, 3.63) is 119 Å². The van der Waals surface area contributed by atoms with Crippen LogP contribution in [0, 0.1) is 11.8 Å². The molecule has 52 heavy (non-hydrogen) atoms. The third-order valence-corrected chi connectivity index (χ3v) is 9.69. The van der Waals surface area contributed by atoms with Gasteiger partial charge in [0.25, 0.3) is 0 Å². The molecule has 272 valence electrons. The molecule has 0 spiro atoms. The molecule has 1 saturated carbocycles. The molecule has 1 fully saturated rings. The fourth-order valence-corrected chi connectivity index (χ4v) is 7.14. The van der Waals surface area contributed by atoms with Crippen LogP contribution < -0.4 is 18.9 Å². The summed E-state index contributed by atoms with van der Waals surface area (Å²) in [7, 11) is 0. The molecule has 1 aliphatic carbocycles. The Morgan fingerprint density at radius 3 is 0.846 bits per heavy atom. The normalized spacial score (nSPS) is 23.6. The first kappa shape index (κ1) is 35.7. The molecular weight excluding hydrogens is 664 g/mol. The van der Waals surface area contributed by atoms with E-state index in [0.717, 1.165) is 11.1 Å². The topological polar surface area (TPSA) is 108 Å². The minimum atomic E-state index is -0.630. The Morgan fingerprint density at radius 2 is 0.558 bits per heavy atom. The number of ketones is 2. The lowest BCUT2D eigenvalue weighted by Crippen LogP contribution is -2.51. The van der Waals surface area contributed by atoms with Crippen LogP contribution in [0.4, 0.5) is 0 Å². The van der Waals surface area contributed by atoms with E-state index in [-0.39, 0.29) is 23.4 Å². The van der Waals surface area contributed by atoms with E-state index in [2.05, 4.69) is 0 Å². The second-order valence-corrected chi connectivity index (χ2v) is 12.9. The molecule has 0 amide bonds. The zero-order chi connectivity index (χ0) is 35.5. The Hall–Kier alpha value is -4.74. The van der Waals surface area contributed by atoms with Gasteiger partial charge in [0.15, 0.2) is 11.6 Å². The maximum absolute atomic E-state index is 14.7. The molecule has 0 unspecified atom stereocenters. The van der Waals surface area contributed by atoms with Gasteiger partial charge in [-0.1, -0.05) is 24.3 Å². The molecule has 0 aromatic heterocycles. The van der Waals surface area contributed by atoms with Gasteiger partial charge in [0.2, 0.25) is 0 Å². The van der Waals surface area contributed by atoms with Gasteiger partial charge in [0.1, 0.15) is 49.4 Å². The monoisotopic (exact) mass is 708 g/mol. The molecule has 4 aromatic carbocycles. The Morgan fingerprint density at radius 1 is 0.308 bits per heavy atom. The fraction of sp³-hybridized carbons (Fsp3) is 0.381. The lowest BCUT2D eigenvalue weighted by molar-refractivity contribution is 0.0273. The fourth-order valence-electron chi connectivity index (χ4n) is 7.14. The maximum Gasteiger partial charge on any atom is 0.167 e. The maximum atomic E-state index is 14.7. The summed E-state index contributed by atoms with van der Waals surface area (Å²) < 4.78 is 46.2. The molecule has 8 bridgehead atoms. The molecular formula is C42H44O10. The highest BCUT2D eigenvalue weighted by atomic mass is 16.6. The Bertz CT molecular complexity index is 1610. The molecule has 4 aromatic rings. The zero-order valence-corrected chi connectivity index (χ0v) is 29.1. The molecule has 0 radical (unpaired) electrons. The summed E-state index contributed by atoms with van der Waals surface area (Å²) in [5, 5.41) is 0. The van der Waals surface area contributed by atoms with Crippen molar-refractivity contribution in [2.75, 3.05) is 79.3 Å². The van der Waals surface area contributed by atoms with E-state index in [4.69, 9.17) is 37.9 Å². The van der Waals surface area contributed by atoms with Crippen LogP contribution in [0.15, 0.2) is 97.1 Å². The van der Waals surface area contributed by atoms with Crippen LogP contribution in [-0.4, -0.2) is 90.8 Å². The second kappa shape index (κ2) is 17.7. The van der Waals surface area contributed by atoms with Crippen LogP contribution in [0.2, 0.25) is 0 Å². The molecule has 7 aliphatic rings. The van der Waals surface area contributed by atoms with Crippen molar-refractivity contribution in [1.82, 2.24) is 0 Å². The number of benzene rings is 4. The van der Waals surface area contributed by atoms with Gasteiger partial charge in [-0.15, -0.1) is 0 Å². The number of fused-ring (bicyclic) bond motifs is 4. The quantitative estimate of drug-likeness (QED) is 0.210. The van der Waals surface area contributed by atoms with Crippen molar-refractivity contribution in [3.8, 4) is 23.0 Å². The highest BCUT2D eigenvalue weighted by Crippen LogP contribution is 2.60. The predicted octanol–water partition coefficient (Wildman–Crippen LogP) is 6.17. The standard InChI is InChI=1S/C42H44O10/c43-41-31-5-13-35(14-6-31)51-27-23-47-19-20-48-24-28-52-36-15-7-32(8-16-36)42(44)40-38-30-3-11-34(12-4-30)50-26-22-46-18-17-45-21-25-49-33-9-1-29(2-10-33)37(38)39(40)41/h1-16,37-40H,17-28H2/t37-,38+,39+,40-. The van der Waals surface area contributed by atoms with Crippen LogP contribution in [0.5, 0.6) is 23.0 Å². The summed E-state index contributed by atoms with van der Waals surface area (Å²) in [5.74, 6) is 0.644. The minimum Gasteiger partial charge on any atom is -0.491 e. The molecule has 4 atom stereocenters. The van der Waals surface area contributed by atoms with E-state index in [9.17, 15) is 9.59 Å². The van der Waals surface area contributed by atoms with Crippen molar-refractivity contribution in [3.63, 3.8) is 0 Å². The van der Waals surface area contributed by atoms with Crippen molar-refractivity contribution in [1.29, 1.82) is 0 Å². The van der Waals surface area contributed by atoms with Gasteiger partial charge in [0, 0.05) is 34.8 Å². The minimum absolute atomic E-state index is 0.0940. The average Bonchev–Trinajstić information content (AvgIpc) is 3.16. The van der Waals surface area contributed by atoms with E-state index in [1.165, 1.54) is 0 Å². The highest BCUT2D eigenvalue weighted by molar-refractivity contribution is 6.07. The third-order valence-electron chi connectivity index (χ3n) is 9.69. The van der Waals surface area contributed by atoms with Gasteiger partial charge >= 0.3 is 0 Å². The van der Waals surface area contributed by atoms with Gasteiger partial charge in [-0.25, -0.2) is 0 Å². The number of Topliss-reactive ketones (excluding diaryl/α,β-unsaturated/α-hetero) is 2. The number of carbonyl (C=O) groups is 2. The summed E-state index contributed by atoms with van der Waals surface area (Å²) >= 11 is 0. The van der Waals surface area contributed by atoms with E-state index in [1.54, 1.807) is 48.5 Å². The molecule has 0 N–H and O–H groups in total. The van der Waals surface area contributed by atoms with E-state index in [1.807, 2.05) is 48.5 Å². The predicted molar refractivity (Wildman–Crippen MR) is 192 cm³/mol. The smallest absolute Gasteiger partial charge is 0.167 e. The summed E-state index contributed by atoms with van der Waals surface area (Å²) in [6, 6.07) is 30.0.